The summed E-state index contributed by atoms with van der Waals surface area (Å²) in [5, 5.41) is 2.38. The topological polar surface area (TPSA) is 83.1 Å². The highest BCUT2D eigenvalue weighted by atomic mass is 19.4. The zero-order chi connectivity index (χ0) is 21.4. The Bertz CT molecular complexity index is 821. The van der Waals surface area contributed by atoms with Gasteiger partial charge in [-0.3, -0.25) is 4.79 Å². The number of ether oxygens (including phenoxy) is 4. The third-order valence-electron chi connectivity index (χ3n) is 3.42. The van der Waals surface area contributed by atoms with E-state index in [1.54, 1.807) is 24.3 Å². The molecule has 1 atom stereocenters. The first kappa shape index (κ1) is 21.9. The highest BCUT2D eigenvalue weighted by molar-refractivity contribution is 5.93. The Kier molecular flexibility index (Phi) is 7.29. The normalized spacial score (nSPS) is 11.9. The number of benzene rings is 2. The van der Waals surface area contributed by atoms with E-state index in [4.69, 9.17) is 14.2 Å². The zero-order valence-electron chi connectivity index (χ0n) is 15.5. The molecule has 7 nitrogen and oxygen atoms in total. The summed E-state index contributed by atoms with van der Waals surface area (Å²) in [5.41, 5.74) is 0.211. The lowest BCUT2D eigenvalue weighted by Gasteiger charge is -2.14. The van der Waals surface area contributed by atoms with Crippen LogP contribution in [-0.2, 0) is 14.3 Å². The molecule has 1 amide bonds. The lowest BCUT2D eigenvalue weighted by atomic mass is 10.3. The summed E-state index contributed by atoms with van der Waals surface area (Å²) >= 11 is 0. The Morgan fingerprint density at radius 2 is 1.52 bits per heavy atom. The van der Waals surface area contributed by atoms with Crippen LogP contribution in [0.1, 0.15) is 6.92 Å². The average molecular weight is 413 g/mol. The van der Waals surface area contributed by atoms with Gasteiger partial charge in [0.2, 0.25) is 0 Å². The predicted molar refractivity (Wildman–Crippen MR) is 95.8 cm³/mol. The van der Waals surface area contributed by atoms with Crippen molar-refractivity contribution in [3.8, 4) is 17.2 Å². The quantitative estimate of drug-likeness (QED) is 0.667. The zero-order valence-corrected chi connectivity index (χ0v) is 15.5. The van der Waals surface area contributed by atoms with Crippen molar-refractivity contribution in [2.75, 3.05) is 19.0 Å². The van der Waals surface area contributed by atoms with E-state index in [9.17, 15) is 22.8 Å². The van der Waals surface area contributed by atoms with Crippen molar-refractivity contribution in [2.45, 2.75) is 19.4 Å². The molecule has 0 saturated heterocycles. The molecule has 0 aliphatic heterocycles. The molecule has 2 aromatic rings. The average Bonchev–Trinajstić information content (AvgIpc) is 2.67. The van der Waals surface area contributed by atoms with E-state index < -0.39 is 36.7 Å². The Balaban J connectivity index is 1.78. The number of amides is 1. The Labute approximate surface area is 164 Å². The molecule has 2 rings (SSSR count). The van der Waals surface area contributed by atoms with Gasteiger partial charge in [0.1, 0.15) is 17.2 Å². The molecule has 0 aliphatic carbocycles. The number of hydrogen-bond acceptors (Lipinski definition) is 6. The third kappa shape index (κ3) is 7.60. The number of halogens is 3. The van der Waals surface area contributed by atoms with Crippen molar-refractivity contribution < 1.29 is 41.7 Å². The van der Waals surface area contributed by atoms with E-state index in [2.05, 4.69) is 10.1 Å². The van der Waals surface area contributed by atoms with Crippen LogP contribution in [0.3, 0.4) is 0 Å². The van der Waals surface area contributed by atoms with Crippen LogP contribution in [0.5, 0.6) is 17.2 Å². The first-order chi connectivity index (χ1) is 13.7. The van der Waals surface area contributed by atoms with Gasteiger partial charge in [-0.25, -0.2) is 4.79 Å². The number of anilines is 1. The van der Waals surface area contributed by atoms with Gasteiger partial charge in [0.05, 0.1) is 7.11 Å². The molecule has 0 aromatic heterocycles. The van der Waals surface area contributed by atoms with Crippen LogP contribution in [0.4, 0.5) is 18.9 Å². The van der Waals surface area contributed by atoms with Crippen molar-refractivity contribution in [2.24, 2.45) is 0 Å². The van der Waals surface area contributed by atoms with Gasteiger partial charge in [0.15, 0.2) is 12.7 Å². The number of methoxy groups -OCH3 is 1. The molecular weight excluding hydrogens is 395 g/mol. The van der Waals surface area contributed by atoms with E-state index in [1.165, 1.54) is 26.2 Å². The van der Waals surface area contributed by atoms with Gasteiger partial charge in [0.25, 0.3) is 5.91 Å². The van der Waals surface area contributed by atoms with Gasteiger partial charge >= 0.3 is 12.3 Å². The van der Waals surface area contributed by atoms with Gasteiger partial charge in [-0.05, 0) is 55.5 Å². The molecule has 156 valence electrons. The maximum absolute atomic E-state index is 12.1. The van der Waals surface area contributed by atoms with Crippen LogP contribution >= 0.6 is 0 Å². The number of carbonyl (C=O) groups is 2. The van der Waals surface area contributed by atoms with Gasteiger partial charge in [-0.15, -0.1) is 13.2 Å². The van der Waals surface area contributed by atoms with Crippen LogP contribution in [0, 0.1) is 0 Å². The van der Waals surface area contributed by atoms with E-state index in [0.29, 0.717) is 11.5 Å². The molecule has 0 fully saturated rings. The lowest BCUT2D eigenvalue weighted by Crippen LogP contribution is -2.29. The van der Waals surface area contributed by atoms with Gasteiger partial charge in [-0.2, -0.15) is 0 Å². The Hall–Kier alpha value is -3.43. The number of alkyl halides is 3. The number of rotatable bonds is 8. The fourth-order valence-corrected chi connectivity index (χ4v) is 2.10. The molecule has 1 unspecified atom stereocenters. The largest absolute Gasteiger partial charge is 0.573 e. The molecule has 10 heteroatoms. The van der Waals surface area contributed by atoms with E-state index in [1.807, 2.05) is 0 Å². The van der Waals surface area contributed by atoms with Gasteiger partial charge in [0, 0.05) is 5.69 Å². The minimum Gasteiger partial charge on any atom is -0.497 e. The van der Waals surface area contributed by atoms with Crippen LogP contribution in [0.2, 0.25) is 0 Å². The van der Waals surface area contributed by atoms with Crippen molar-refractivity contribution in [1.82, 2.24) is 0 Å². The molecule has 2 aromatic carbocycles. The molecule has 1 N–H and O–H groups in total. The fraction of sp³-hybridized carbons (Fsp3) is 0.263. The fourth-order valence-electron chi connectivity index (χ4n) is 2.10. The molecule has 0 heterocycles. The number of hydrogen-bond donors (Lipinski definition) is 1. The molecule has 29 heavy (non-hydrogen) atoms. The number of carbonyl (C=O) groups excluding carboxylic acids is 2. The third-order valence-corrected chi connectivity index (χ3v) is 3.42. The second-order valence-electron chi connectivity index (χ2n) is 5.66. The van der Waals surface area contributed by atoms with E-state index >= 15 is 0 Å². The predicted octanol–water partition coefficient (Wildman–Crippen LogP) is 3.54. The second kappa shape index (κ2) is 9.67. The van der Waals surface area contributed by atoms with Crippen molar-refractivity contribution in [3.63, 3.8) is 0 Å². The lowest BCUT2D eigenvalue weighted by molar-refractivity contribution is -0.274. The number of esters is 1. The van der Waals surface area contributed by atoms with Crippen LogP contribution in [0.25, 0.3) is 0 Å². The molecule has 0 saturated carbocycles. The Morgan fingerprint density at radius 3 is 2.07 bits per heavy atom. The number of nitrogens with one attached hydrogen (secondary N) is 1. The van der Waals surface area contributed by atoms with E-state index in [-0.39, 0.29) is 5.69 Å². The Morgan fingerprint density at radius 1 is 0.966 bits per heavy atom. The van der Waals surface area contributed by atoms with Crippen molar-refractivity contribution in [3.05, 3.63) is 48.5 Å². The summed E-state index contributed by atoms with van der Waals surface area (Å²) < 4.78 is 55.3. The SMILES string of the molecule is COc1ccc(OC(C)C(=O)OCC(=O)Nc2ccc(OC(F)(F)F)cc2)cc1. The van der Waals surface area contributed by atoms with Crippen LogP contribution in [0.15, 0.2) is 48.5 Å². The maximum atomic E-state index is 12.1. The monoisotopic (exact) mass is 413 g/mol. The molecule has 0 bridgehead atoms. The summed E-state index contributed by atoms with van der Waals surface area (Å²) in [7, 11) is 1.52. The summed E-state index contributed by atoms with van der Waals surface area (Å²) in [6, 6.07) is 11.1. The highest BCUT2D eigenvalue weighted by Gasteiger charge is 2.31. The summed E-state index contributed by atoms with van der Waals surface area (Å²) in [6.07, 6.45) is -5.77. The summed E-state index contributed by atoms with van der Waals surface area (Å²) in [6.45, 7) is 0.875. The maximum Gasteiger partial charge on any atom is 0.573 e. The molecular formula is C19H18F3NO6. The summed E-state index contributed by atoms with van der Waals surface area (Å²) in [5.74, 6) is -0.807. The van der Waals surface area contributed by atoms with Gasteiger partial charge in [-0.1, -0.05) is 0 Å². The van der Waals surface area contributed by atoms with Crippen LogP contribution in [-0.4, -0.2) is 38.1 Å². The van der Waals surface area contributed by atoms with Gasteiger partial charge < -0.3 is 24.3 Å². The minimum absolute atomic E-state index is 0.211. The molecule has 0 spiro atoms. The first-order valence-corrected chi connectivity index (χ1v) is 8.29. The highest BCUT2D eigenvalue weighted by Crippen LogP contribution is 2.24. The van der Waals surface area contributed by atoms with Crippen LogP contribution < -0.4 is 19.5 Å². The standard InChI is InChI=1S/C19H18F3NO6/c1-12(28-15-9-7-14(26-2)8-10-15)18(25)27-11-17(24)23-13-3-5-16(6-4-13)29-19(20,21)22/h3-10,12H,11H2,1-2H3,(H,23,24). The van der Waals surface area contributed by atoms with Crippen molar-refractivity contribution in [1.29, 1.82) is 0 Å². The minimum atomic E-state index is -4.80. The smallest absolute Gasteiger partial charge is 0.497 e. The molecule has 0 aliphatic rings. The second-order valence-corrected chi connectivity index (χ2v) is 5.66. The first-order valence-electron chi connectivity index (χ1n) is 8.29. The summed E-state index contributed by atoms with van der Waals surface area (Å²) in [4.78, 5) is 23.8. The van der Waals surface area contributed by atoms with E-state index in [0.717, 1.165) is 12.1 Å². The van der Waals surface area contributed by atoms with Crippen molar-refractivity contribution >= 4 is 17.6 Å². The molecule has 0 radical (unpaired) electrons.